The van der Waals surface area contributed by atoms with Gasteiger partial charge in [0, 0.05) is 37.0 Å². The number of halogens is 1. The molecule has 6 aromatic carbocycles. The summed E-state index contributed by atoms with van der Waals surface area (Å²) in [6.07, 6.45) is 0. The zero-order valence-corrected chi connectivity index (χ0v) is 56.3. The third-order valence-corrected chi connectivity index (χ3v) is 23.5. The van der Waals surface area contributed by atoms with Gasteiger partial charge in [-0.2, -0.15) is 0 Å². The minimum Gasteiger partial charge on any atom is -0.405 e. The molecule has 0 radical (unpaired) electrons. The lowest BCUT2D eigenvalue weighted by atomic mass is 9.49. The molecule has 84 heavy (non-hydrogen) atoms. The van der Waals surface area contributed by atoms with Crippen LogP contribution in [0.5, 0.6) is 0 Å². The van der Waals surface area contributed by atoms with Gasteiger partial charge in [-0.05, 0) is 167 Å². The lowest BCUT2D eigenvalue weighted by Crippen LogP contribution is -2.45. The minimum absolute atomic E-state index is 0.0241. The van der Waals surface area contributed by atoms with Gasteiger partial charge in [0.2, 0.25) is 0 Å². The molecule has 9 heterocycles. The summed E-state index contributed by atoms with van der Waals surface area (Å²) in [6, 6.07) is 37.2. The summed E-state index contributed by atoms with van der Waals surface area (Å²) < 4.78 is 38.2. The van der Waals surface area contributed by atoms with Crippen molar-refractivity contribution in [2.45, 2.75) is 232 Å². The summed E-state index contributed by atoms with van der Waals surface area (Å²) in [7, 11) is -1.34. The zero-order valence-electron chi connectivity index (χ0n) is 54.7. The summed E-state index contributed by atoms with van der Waals surface area (Å²) in [6.45, 7) is 53.4. The lowest BCUT2D eigenvalue weighted by molar-refractivity contribution is 0.00578. The maximum Gasteiger partial charge on any atom is 0.494 e. The molecule has 9 aliphatic heterocycles. The molecular formula is C72H88B3BrN2O6. The average Bonchev–Trinajstić information content (AvgIpc) is 0.850. The molecule has 0 unspecified atom stereocenters. The van der Waals surface area contributed by atoms with E-state index in [1.807, 2.05) is 55.4 Å². The number of anilines is 6. The highest BCUT2D eigenvalue weighted by molar-refractivity contribution is 9.10. The molecule has 8 nitrogen and oxygen atoms in total. The molecule has 0 saturated carbocycles. The quantitative estimate of drug-likeness (QED) is 0.159. The topological polar surface area (TPSA) is 61.9 Å². The molecule has 6 aromatic rings. The van der Waals surface area contributed by atoms with Crippen LogP contribution in [-0.4, -0.2) is 54.7 Å². The van der Waals surface area contributed by atoms with E-state index in [-0.39, 0.29) is 73.2 Å². The standard InChI is InChI=1S/C33H38BNO2.C27H26BrN.C12H24B2O4/c1-29(2)20-13-11-15-22-26(20)35-27-21(29)14-12-16-23(27)31(5,6)25-18-19(17-24(28(25)35)30(22,3)4)34-36-32(7,8)33(9,10)37-34;1-25(2)16-9-7-11-18-22(16)29-23-17(25)10-8-12-19(23)27(5,6)21-14-15(28)13-20(24(21)29)26(18,3)4;1-9(2)10(3,4)16-13(15-9)14-17-11(5,6)12(7,8)18-14/h11-18H,1-10H3;7-14H,1-6H3;1-8H3. The molecule has 0 amide bonds. The Morgan fingerprint density at radius 3 is 0.702 bits per heavy atom. The van der Waals surface area contributed by atoms with Gasteiger partial charge in [-0.15, -0.1) is 0 Å². The second-order valence-corrected chi connectivity index (χ2v) is 32.8. The van der Waals surface area contributed by atoms with Crippen LogP contribution >= 0.6 is 15.9 Å². The third kappa shape index (κ3) is 7.55. The van der Waals surface area contributed by atoms with E-state index in [2.05, 4.69) is 234 Å². The second kappa shape index (κ2) is 17.4. The predicted octanol–water partition coefficient (Wildman–Crippen LogP) is 17.5. The lowest BCUT2D eigenvalue weighted by Gasteiger charge is -2.55. The van der Waals surface area contributed by atoms with Gasteiger partial charge < -0.3 is 37.7 Å². The van der Waals surface area contributed by atoms with Gasteiger partial charge >= 0.3 is 21.1 Å². The number of para-hydroxylation sites is 4. The molecule has 15 rings (SSSR count). The summed E-state index contributed by atoms with van der Waals surface area (Å²) in [4.78, 5) is 5.21. The first-order valence-corrected chi connectivity index (χ1v) is 31.6. The molecule has 9 aliphatic rings. The molecule has 0 atom stereocenters. The normalized spacial score (nSPS) is 24.3. The van der Waals surface area contributed by atoms with Gasteiger partial charge in [-0.3, -0.25) is 0 Å². The summed E-state index contributed by atoms with van der Waals surface area (Å²) >= 11 is 3.83. The van der Waals surface area contributed by atoms with Crippen LogP contribution < -0.4 is 15.3 Å². The van der Waals surface area contributed by atoms with Gasteiger partial charge in [-0.1, -0.05) is 184 Å². The number of rotatable bonds is 2. The molecule has 12 heteroatoms. The van der Waals surface area contributed by atoms with Crippen molar-refractivity contribution in [1.82, 2.24) is 0 Å². The summed E-state index contributed by atoms with van der Waals surface area (Å²) in [5.74, 6) is 0. The molecule has 0 aromatic heterocycles. The van der Waals surface area contributed by atoms with Crippen LogP contribution in [-0.2, 0) is 60.4 Å². The van der Waals surface area contributed by atoms with Crippen LogP contribution in [0.15, 0.2) is 102 Å². The maximum atomic E-state index is 6.58. The number of hydrogen-bond acceptors (Lipinski definition) is 8. The largest absolute Gasteiger partial charge is 0.494 e. The highest BCUT2D eigenvalue weighted by atomic mass is 79.9. The molecular weight excluding hydrogens is 1100 g/mol. The molecule has 0 N–H and O–H groups in total. The van der Waals surface area contributed by atoms with Crippen molar-refractivity contribution in [3.05, 3.63) is 168 Å². The Morgan fingerprint density at radius 2 is 0.464 bits per heavy atom. The van der Waals surface area contributed by atoms with Crippen LogP contribution in [0.25, 0.3) is 0 Å². The first-order chi connectivity index (χ1) is 38.6. The van der Waals surface area contributed by atoms with E-state index >= 15 is 0 Å². The molecule has 3 saturated heterocycles. The smallest absolute Gasteiger partial charge is 0.405 e. The van der Waals surface area contributed by atoms with E-state index in [1.54, 1.807) is 0 Å². The second-order valence-electron chi connectivity index (χ2n) is 31.9. The fourth-order valence-corrected chi connectivity index (χ4v) is 15.9. The van der Waals surface area contributed by atoms with Gasteiger partial charge in [0.1, 0.15) is 0 Å². The SMILES string of the molecule is CC1(C)OB(B2OC(C)(C)C(C)(C)O2)OC1(C)C.CC1(C)c2cccc3c2N2c4c1cccc4C(C)(C)c1cc(B4OC(C)(C)C(C)(C)O4)cc(c12)C3(C)C.CC1(C)c2cccc3c2N2c4c1cccc4C(C)(C)c1cc(Br)cc(c12)C3(C)C. The summed E-state index contributed by atoms with van der Waals surface area (Å²) in [5, 5.41) is 0. The summed E-state index contributed by atoms with van der Waals surface area (Å²) in [5.41, 5.74) is 23.6. The third-order valence-electron chi connectivity index (χ3n) is 23.1. The van der Waals surface area contributed by atoms with Crippen molar-refractivity contribution in [2.24, 2.45) is 0 Å². The van der Waals surface area contributed by atoms with Crippen molar-refractivity contribution >= 4 is 76.7 Å². The Labute approximate surface area is 512 Å². The van der Waals surface area contributed by atoms with E-state index in [0.717, 1.165) is 5.46 Å². The van der Waals surface area contributed by atoms with E-state index in [0.29, 0.717) is 0 Å². The molecule has 0 bridgehead atoms. The van der Waals surface area contributed by atoms with E-state index in [1.165, 1.54) is 105 Å². The average molecular weight is 1190 g/mol. The zero-order chi connectivity index (χ0) is 61.0. The van der Waals surface area contributed by atoms with Crippen molar-refractivity contribution in [2.75, 3.05) is 9.80 Å². The van der Waals surface area contributed by atoms with Gasteiger partial charge in [0.25, 0.3) is 0 Å². The Hall–Kier alpha value is -4.65. The molecule has 438 valence electrons. The van der Waals surface area contributed by atoms with Crippen molar-refractivity contribution in [3.8, 4) is 0 Å². The van der Waals surface area contributed by atoms with Gasteiger partial charge in [0.05, 0.1) is 67.7 Å². The van der Waals surface area contributed by atoms with Crippen LogP contribution in [0.1, 0.15) is 233 Å². The fraction of sp³-hybridized carbons (Fsp3) is 0.500. The van der Waals surface area contributed by atoms with Gasteiger partial charge in [0.15, 0.2) is 0 Å². The van der Waals surface area contributed by atoms with Crippen LogP contribution in [0.4, 0.5) is 34.1 Å². The maximum absolute atomic E-state index is 6.58. The highest BCUT2D eigenvalue weighted by Gasteiger charge is 2.64. The van der Waals surface area contributed by atoms with Crippen LogP contribution in [0.2, 0.25) is 0 Å². The number of hydrogen-bond donors (Lipinski definition) is 0. The fourth-order valence-electron chi connectivity index (χ4n) is 15.5. The Balaban J connectivity index is 0.000000125. The molecule has 0 aliphatic carbocycles. The van der Waals surface area contributed by atoms with E-state index in [9.17, 15) is 0 Å². The number of benzene rings is 6. The Kier molecular flexibility index (Phi) is 12.1. The first kappa shape index (κ1) is 58.4. The Morgan fingerprint density at radius 1 is 0.274 bits per heavy atom. The van der Waals surface area contributed by atoms with Gasteiger partial charge in [-0.25, -0.2) is 0 Å². The van der Waals surface area contributed by atoms with Crippen molar-refractivity contribution < 1.29 is 27.9 Å². The van der Waals surface area contributed by atoms with Crippen LogP contribution in [0.3, 0.4) is 0 Å². The molecule has 0 spiro atoms. The Bertz CT molecular complexity index is 3580. The molecule has 3 fully saturated rings. The van der Waals surface area contributed by atoms with Crippen LogP contribution in [0, 0.1) is 0 Å². The van der Waals surface area contributed by atoms with E-state index in [4.69, 9.17) is 27.9 Å². The van der Waals surface area contributed by atoms with Crippen molar-refractivity contribution in [1.29, 1.82) is 0 Å². The van der Waals surface area contributed by atoms with E-state index < -0.39 is 14.0 Å². The first-order valence-electron chi connectivity index (χ1n) is 30.8. The number of nitrogens with zero attached hydrogens (tertiary/aromatic N) is 2. The highest BCUT2D eigenvalue weighted by Crippen LogP contribution is 2.68. The van der Waals surface area contributed by atoms with Crippen molar-refractivity contribution in [3.63, 3.8) is 0 Å². The minimum atomic E-state index is -0.476. The monoisotopic (exact) mass is 1190 g/mol. The predicted molar refractivity (Wildman–Crippen MR) is 351 cm³/mol.